The molecular formula is C9H9FN6O5. The molecule has 12 heteroatoms. The van der Waals surface area contributed by atoms with E-state index in [4.69, 9.17) is 0 Å². The van der Waals surface area contributed by atoms with Crippen LogP contribution in [0.15, 0.2) is 15.8 Å². The number of halogens is 1. The fourth-order valence-corrected chi connectivity index (χ4v) is 1.61. The van der Waals surface area contributed by atoms with Crippen molar-refractivity contribution in [2.24, 2.45) is 0 Å². The van der Waals surface area contributed by atoms with Crippen LogP contribution in [0.1, 0.15) is 5.82 Å². The molecule has 0 saturated carbocycles. The molecule has 2 rings (SSSR count). The highest BCUT2D eigenvalue weighted by Crippen LogP contribution is 2.04. The molecule has 2 aromatic rings. The molecule has 1 atom stereocenters. The van der Waals surface area contributed by atoms with Crippen LogP contribution in [-0.2, 0) is 13.0 Å². The average Bonchev–Trinajstić information content (AvgIpc) is 2.88. The summed E-state index contributed by atoms with van der Waals surface area (Å²) in [4.78, 5) is 37.8. The summed E-state index contributed by atoms with van der Waals surface area (Å²) >= 11 is 0. The number of aliphatic hydroxyl groups is 1. The maximum Gasteiger partial charge on any atom is 0.491 e. The first-order valence-corrected chi connectivity index (χ1v) is 5.60. The first kappa shape index (κ1) is 14.5. The Labute approximate surface area is 114 Å². The summed E-state index contributed by atoms with van der Waals surface area (Å²) in [5.74, 6) is -1.84. The van der Waals surface area contributed by atoms with E-state index >= 15 is 0 Å². The van der Waals surface area contributed by atoms with E-state index in [2.05, 4.69) is 15.2 Å². The molecule has 1 unspecified atom stereocenters. The summed E-state index contributed by atoms with van der Waals surface area (Å²) in [6, 6.07) is 0. The van der Waals surface area contributed by atoms with E-state index in [0.717, 1.165) is 0 Å². The molecule has 112 valence electrons. The number of aliphatic hydroxyl groups excluding tert-OH is 1. The zero-order valence-corrected chi connectivity index (χ0v) is 10.3. The first-order chi connectivity index (χ1) is 9.88. The third kappa shape index (κ3) is 3.17. The SMILES string of the molecule is O=c1[nH]cc(F)c(=O)n1CC(O)Cc1nc([N+](=O)[O-])n[nH]1. The summed E-state index contributed by atoms with van der Waals surface area (Å²) in [5, 5.41) is 25.7. The molecule has 0 spiro atoms. The van der Waals surface area contributed by atoms with Crippen LogP contribution in [0.25, 0.3) is 0 Å². The summed E-state index contributed by atoms with van der Waals surface area (Å²) in [7, 11) is 0. The van der Waals surface area contributed by atoms with E-state index in [1.54, 1.807) is 0 Å². The second-order valence-corrected chi connectivity index (χ2v) is 4.05. The van der Waals surface area contributed by atoms with Gasteiger partial charge in [0.2, 0.25) is 11.6 Å². The van der Waals surface area contributed by atoms with Gasteiger partial charge in [-0.3, -0.25) is 9.36 Å². The summed E-state index contributed by atoms with van der Waals surface area (Å²) < 4.78 is 13.5. The standard InChI is InChI=1S/C9H9FN6O5/c10-5-2-11-9(19)15(7(5)18)3-4(17)1-6-12-8(14-13-6)16(20)21/h2,4,17H,1,3H2,(H,11,19)(H,12,13,14). The van der Waals surface area contributed by atoms with Crippen LogP contribution < -0.4 is 11.2 Å². The zero-order valence-electron chi connectivity index (χ0n) is 10.3. The predicted molar refractivity (Wildman–Crippen MR) is 64.0 cm³/mol. The van der Waals surface area contributed by atoms with Gasteiger partial charge in [0.15, 0.2) is 0 Å². The summed E-state index contributed by atoms with van der Waals surface area (Å²) in [6.07, 6.45) is -0.908. The Morgan fingerprint density at radius 3 is 2.86 bits per heavy atom. The summed E-state index contributed by atoms with van der Waals surface area (Å²) in [5.41, 5.74) is -2.06. The molecular weight excluding hydrogens is 291 g/mol. The van der Waals surface area contributed by atoms with Gasteiger partial charge in [0.1, 0.15) is 0 Å². The van der Waals surface area contributed by atoms with Crippen molar-refractivity contribution >= 4 is 5.95 Å². The lowest BCUT2D eigenvalue weighted by atomic mass is 10.2. The van der Waals surface area contributed by atoms with E-state index in [-0.39, 0.29) is 12.2 Å². The number of nitrogens with zero attached hydrogens (tertiary/aromatic N) is 4. The van der Waals surface area contributed by atoms with Gasteiger partial charge in [-0.25, -0.2) is 4.79 Å². The molecule has 0 bridgehead atoms. The second-order valence-electron chi connectivity index (χ2n) is 4.05. The first-order valence-electron chi connectivity index (χ1n) is 5.60. The third-order valence-electron chi connectivity index (χ3n) is 2.52. The van der Waals surface area contributed by atoms with Gasteiger partial charge in [0.05, 0.1) is 19.1 Å². The van der Waals surface area contributed by atoms with Crippen LogP contribution in [-0.4, -0.2) is 40.9 Å². The molecule has 21 heavy (non-hydrogen) atoms. The van der Waals surface area contributed by atoms with Gasteiger partial charge in [0, 0.05) is 11.3 Å². The topological polar surface area (TPSA) is 160 Å². The van der Waals surface area contributed by atoms with Crippen molar-refractivity contribution in [3.8, 4) is 0 Å². The van der Waals surface area contributed by atoms with Crippen molar-refractivity contribution in [3.05, 3.63) is 48.8 Å². The number of hydrogen-bond donors (Lipinski definition) is 3. The van der Waals surface area contributed by atoms with Gasteiger partial charge < -0.3 is 20.2 Å². The molecule has 0 aliphatic carbocycles. The molecule has 2 aromatic heterocycles. The van der Waals surface area contributed by atoms with Crippen molar-refractivity contribution in [2.75, 3.05) is 0 Å². The van der Waals surface area contributed by atoms with Gasteiger partial charge in [-0.1, -0.05) is 0 Å². The number of hydrogen-bond acceptors (Lipinski definition) is 7. The minimum atomic E-state index is -1.29. The van der Waals surface area contributed by atoms with Gasteiger partial charge in [-0.15, -0.1) is 0 Å². The Hall–Kier alpha value is -2.89. The molecule has 0 amide bonds. The lowest BCUT2D eigenvalue weighted by Crippen LogP contribution is -2.40. The number of nitrogens with one attached hydrogen (secondary N) is 2. The van der Waals surface area contributed by atoms with Crippen molar-refractivity contribution in [2.45, 2.75) is 19.1 Å². The Bertz CT molecular complexity index is 779. The van der Waals surface area contributed by atoms with Crippen LogP contribution in [0, 0.1) is 15.9 Å². The van der Waals surface area contributed by atoms with Crippen LogP contribution in [0.3, 0.4) is 0 Å². The molecule has 0 saturated heterocycles. The smallest absolute Gasteiger partial charge is 0.391 e. The van der Waals surface area contributed by atoms with Gasteiger partial charge in [0.25, 0.3) is 5.56 Å². The fraction of sp³-hybridized carbons (Fsp3) is 0.333. The highest BCUT2D eigenvalue weighted by atomic mass is 19.1. The van der Waals surface area contributed by atoms with Crippen molar-refractivity contribution in [1.29, 1.82) is 0 Å². The largest absolute Gasteiger partial charge is 0.491 e. The fourth-order valence-electron chi connectivity index (χ4n) is 1.61. The van der Waals surface area contributed by atoms with E-state index in [9.17, 15) is 29.2 Å². The van der Waals surface area contributed by atoms with Crippen LogP contribution in [0.2, 0.25) is 0 Å². The van der Waals surface area contributed by atoms with E-state index in [1.165, 1.54) is 0 Å². The van der Waals surface area contributed by atoms with E-state index in [0.29, 0.717) is 10.8 Å². The monoisotopic (exact) mass is 300 g/mol. The van der Waals surface area contributed by atoms with E-state index < -0.39 is 40.6 Å². The quantitative estimate of drug-likeness (QED) is 0.438. The van der Waals surface area contributed by atoms with Crippen LogP contribution in [0.4, 0.5) is 10.3 Å². The maximum atomic E-state index is 13.0. The number of rotatable bonds is 5. The lowest BCUT2D eigenvalue weighted by molar-refractivity contribution is -0.394. The molecule has 0 radical (unpaired) electrons. The molecule has 2 heterocycles. The number of aromatic nitrogens is 5. The van der Waals surface area contributed by atoms with Crippen molar-refractivity contribution in [3.63, 3.8) is 0 Å². The molecule has 3 N–H and O–H groups in total. The molecule has 0 aromatic carbocycles. The lowest BCUT2D eigenvalue weighted by Gasteiger charge is -2.08. The van der Waals surface area contributed by atoms with Gasteiger partial charge >= 0.3 is 11.6 Å². The number of aromatic amines is 2. The Morgan fingerprint density at radius 2 is 2.24 bits per heavy atom. The van der Waals surface area contributed by atoms with E-state index in [1.807, 2.05) is 4.98 Å². The Kier molecular flexibility index (Phi) is 3.89. The normalized spacial score (nSPS) is 12.3. The second kappa shape index (κ2) is 5.62. The predicted octanol–water partition coefficient (Wildman–Crippen LogP) is -1.69. The zero-order chi connectivity index (χ0) is 15.6. The molecule has 0 aliphatic heterocycles. The maximum absolute atomic E-state index is 13.0. The number of nitro groups is 1. The van der Waals surface area contributed by atoms with Crippen LogP contribution in [0.5, 0.6) is 0 Å². The highest BCUT2D eigenvalue weighted by Gasteiger charge is 2.19. The Balaban J connectivity index is 2.13. The third-order valence-corrected chi connectivity index (χ3v) is 2.52. The molecule has 0 aliphatic rings. The number of H-pyrrole nitrogens is 2. The minimum absolute atomic E-state index is 0.00455. The summed E-state index contributed by atoms with van der Waals surface area (Å²) in [6.45, 7) is -0.500. The highest BCUT2D eigenvalue weighted by molar-refractivity contribution is 5.03. The average molecular weight is 300 g/mol. The Morgan fingerprint density at radius 1 is 1.52 bits per heavy atom. The van der Waals surface area contributed by atoms with Crippen molar-refractivity contribution in [1.82, 2.24) is 24.7 Å². The van der Waals surface area contributed by atoms with Gasteiger partial charge in [-0.2, -0.15) is 9.49 Å². The van der Waals surface area contributed by atoms with Gasteiger partial charge in [-0.05, 0) is 9.91 Å². The minimum Gasteiger partial charge on any atom is -0.391 e. The van der Waals surface area contributed by atoms with Crippen molar-refractivity contribution < 1.29 is 14.4 Å². The van der Waals surface area contributed by atoms with Crippen LogP contribution >= 0.6 is 0 Å². The molecule has 0 fully saturated rings. The molecule has 11 nitrogen and oxygen atoms in total.